The van der Waals surface area contributed by atoms with E-state index in [1.807, 2.05) is 29.2 Å². The lowest BCUT2D eigenvalue weighted by Gasteiger charge is -2.29. The Hall–Kier alpha value is -2.72. The van der Waals surface area contributed by atoms with Gasteiger partial charge in [0.05, 0.1) is 10.4 Å². The van der Waals surface area contributed by atoms with Gasteiger partial charge in [0.2, 0.25) is 0 Å². The van der Waals surface area contributed by atoms with Crippen molar-refractivity contribution in [2.45, 2.75) is 19.8 Å². The number of aromatic nitrogens is 1. The summed E-state index contributed by atoms with van der Waals surface area (Å²) in [5, 5.41) is 2.17. The fourth-order valence-electron chi connectivity index (χ4n) is 3.74. The lowest BCUT2D eigenvalue weighted by Crippen LogP contribution is -2.34. The zero-order valence-electron chi connectivity index (χ0n) is 14.5. The summed E-state index contributed by atoms with van der Waals surface area (Å²) >= 11 is 1.49. The number of hydrogen-bond acceptors (Lipinski definition) is 3. The normalized spacial score (nSPS) is 14.0. The van der Waals surface area contributed by atoms with Crippen LogP contribution in [0.3, 0.4) is 0 Å². The first kappa shape index (κ1) is 15.5. The smallest absolute Gasteiger partial charge is 0.268 e. The second kappa shape index (κ2) is 5.92. The van der Waals surface area contributed by atoms with Gasteiger partial charge in [0.15, 0.2) is 0 Å². The number of aryl methyl sites for hydroxylation is 2. The first-order valence-corrected chi connectivity index (χ1v) is 9.71. The molecular weight excluding hydrogens is 340 g/mol. The highest BCUT2D eigenvalue weighted by Gasteiger charge is 2.24. The number of nitrogens with zero attached hydrogens (tertiary/aromatic N) is 2. The molecule has 0 fully saturated rings. The number of thiophene rings is 1. The van der Waals surface area contributed by atoms with Crippen molar-refractivity contribution in [1.29, 1.82) is 0 Å². The molecule has 128 valence electrons. The van der Waals surface area contributed by atoms with Gasteiger partial charge in [-0.15, -0.1) is 11.3 Å². The molecule has 0 bridgehead atoms. The molecule has 1 amide bonds. The average Bonchev–Trinajstić information content (AvgIpc) is 3.08. The minimum Gasteiger partial charge on any atom is -0.307 e. The summed E-state index contributed by atoms with van der Waals surface area (Å²) < 4.78 is 0. The molecule has 0 unspecified atom stereocenters. The van der Waals surface area contributed by atoms with Crippen LogP contribution in [0.4, 0.5) is 5.69 Å². The third kappa shape index (κ3) is 2.49. The highest BCUT2D eigenvalue weighted by molar-refractivity contribution is 7.20. The van der Waals surface area contributed by atoms with Crippen LogP contribution in [0.5, 0.6) is 0 Å². The molecule has 0 atom stereocenters. The zero-order chi connectivity index (χ0) is 17.7. The first-order chi connectivity index (χ1) is 12.7. The summed E-state index contributed by atoms with van der Waals surface area (Å²) in [5.74, 6) is 0.0837. The predicted molar refractivity (Wildman–Crippen MR) is 108 cm³/mol. The molecule has 1 aliphatic heterocycles. The quantitative estimate of drug-likeness (QED) is 0.459. The van der Waals surface area contributed by atoms with Crippen LogP contribution in [0.15, 0.2) is 54.6 Å². The Balaban J connectivity index is 1.59. The van der Waals surface area contributed by atoms with Crippen LogP contribution in [0.1, 0.15) is 27.2 Å². The lowest BCUT2D eigenvalue weighted by molar-refractivity contribution is 0.0989. The van der Waals surface area contributed by atoms with Crippen molar-refractivity contribution in [2.75, 3.05) is 11.4 Å². The Labute approximate surface area is 155 Å². The third-order valence-electron chi connectivity index (χ3n) is 5.02. The van der Waals surface area contributed by atoms with E-state index in [0.717, 1.165) is 51.1 Å². The van der Waals surface area contributed by atoms with Crippen molar-refractivity contribution < 1.29 is 4.79 Å². The van der Waals surface area contributed by atoms with E-state index in [0.29, 0.717) is 0 Å². The molecule has 5 rings (SSSR count). The minimum absolute atomic E-state index is 0.0837. The number of pyridine rings is 1. The highest BCUT2D eigenvalue weighted by Crippen LogP contribution is 2.32. The number of rotatable bonds is 1. The van der Waals surface area contributed by atoms with Crippen LogP contribution >= 0.6 is 11.3 Å². The number of benzene rings is 2. The maximum Gasteiger partial charge on any atom is 0.268 e. The Morgan fingerprint density at radius 2 is 1.96 bits per heavy atom. The summed E-state index contributed by atoms with van der Waals surface area (Å²) in [6, 6.07) is 18.6. The molecule has 3 nitrogen and oxygen atoms in total. The summed E-state index contributed by atoms with van der Waals surface area (Å²) in [7, 11) is 0. The summed E-state index contributed by atoms with van der Waals surface area (Å²) in [4.78, 5) is 21.6. The van der Waals surface area contributed by atoms with Crippen LogP contribution in [0, 0.1) is 6.92 Å². The largest absolute Gasteiger partial charge is 0.307 e. The Bertz CT molecular complexity index is 1160. The number of carbonyl (C=O) groups excluding carboxylic acids is 1. The van der Waals surface area contributed by atoms with E-state index in [9.17, 15) is 4.79 Å². The van der Waals surface area contributed by atoms with Gasteiger partial charge in [-0.25, -0.2) is 4.98 Å². The number of hydrogen-bond donors (Lipinski definition) is 0. The molecule has 26 heavy (non-hydrogen) atoms. The van der Waals surface area contributed by atoms with Gasteiger partial charge in [-0.2, -0.15) is 0 Å². The standard InChI is InChI=1S/C22H18N2OS/c1-14-8-9-18-16(11-14)12-17-13-20(26-21(17)23-18)22(25)24-10-4-6-15-5-2-3-7-19(15)24/h2-3,5,7-9,11-13H,4,6,10H2,1H3. The molecular formula is C22H18N2OS. The summed E-state index contributed by atoms with van der Waals surface area (Å²) in [6.07, 6.45) is 2.05. The Kier molecular flexibility index (Phi) is 3.54. The molecule has 3 heterocycles. The van der Waals surface area contributed by atoms with Crippen LogP contribution in [0.25, 0.3) is 21.1 Å². The Morgan fingerprint density at radius 1 is 1.08 bits per heavy atom. The first-order valence-electron chi connectivity index (χ1n) is 8.90. The Morgan fingerprint density at radius 3 is 2.88 bits per heavy atom. The van der Waals surface area contributed by atoms with Gasteiger partial charge in [-0.05, 0) is 55.7 Å². The van der Waals surface area contributed by atoms with E-state index in [-0.39, 0.29) is 5.91 Å². The number of para-hydroxylation sites is 1. The van der Waals surface area contributed by atoms with Crippen molar-refractivity contribution in [2.24, 2.45) is 0 Å². The molecule has 0 spiro atoms. The van der Waals surface area contributed by atoms with Crippen LogP contribution < -0.4 is 4.90 Å². The van der Waals surface area contributed by atoms with E-state index < -0.39 is 0 Å². The second-order valence-corrected chi connectivity index (χ2v) is 7.91. The van der Waals surface area contributed by atoms with Crippen molar-refractivity contribution in [3.8, 4) is 0 Å². The minimum atomic E-state index is 0.0837. The van der Waals surface area contributed by atoms with E-state index in [4.69, 9.17) is 4.98 Å². The number of fused-ring (bicyclic) bond motifs is 3. The SMILES string of the molecule is Cc1ccc2nc3sc(C(=O)N4CCCc5ccccc54)cc3cc2c1. The van der Waals surface area contributed by atoms with Crippen molar-refractivity contribution >= 4 is 44.1 Å². The summed E-state index contributed by atoms with van der Waals surface area (Å²) in [6.45, 7) is 2.86. The maximum absolute atomic E-state index is 13.2. The fraction of sp³-hybridized carbons (Fsp3) is 0.182. The maximum atomic E-state index is 13.2. The van der Waals surface area contributed by atoms with Crippen LogP contribution in [0.2, 0.25) is 0 Å². The third-order valence-corrected chi connectivity index (χ3v) is 6.06. The molecule has 0 radical (unpaired) electrons. The van der Waals surface area contributed by atoms with Gasteiger partial charge in [0, 0.05) is 23.0 Å². The fourth-order valence-corrected chi connectivity index (χ4v) is 4.71. The van der Waals surface area contributed by atoms with Gasteiger partial charge in [-0.3, -0.25) is 4.79 Å². The summed E-state index contributed by atoms with van der Waals surface area (Å²) in [5.41, 5.74) is 4.50. The van der Waals surface area contributed by atoms with E-state index in [1.165, 1.54) is 22.5 Å². The average molecular weight is 358 g/mol. The lowest BCUT2D eigenvalue weighted by atomic mass is 10.0. The highest BCUT2D eigenvalue weighted by atomic mass is 32.1. The number of amides is 1. The van der Waals surface area contributed by atoms with Gasteiger partial charge in [0.25, 0.3) is 5.91 Å². The number of carbonyl (C=O) groups is 1. The van der Waals surface area contributed by atoms with E-state index in [2.05, 4.69) is 37.3 Å². The molecule has 4 aromatic rings. The van der Waals surface area contributed by atoms with Gasteiger partial charge >= 0.3 is 0 Å². The van der Waals surface area contributed by atoms with Gasteiger partial charge in [0.1, 0.15) is 4.83 Å². The topological polar surface area (TPSA) is 33.2 Å². The van der Waals surface area contributed by atoms with Crippen LogP contribution in [-0.4, -0.2) is 17.4 Å². The van der Waals surface area contributed by atoms with E-state index in [1.54, 1.807) is 0 Å². The van der Waals surface area contributed by atoms with Crippen molar-refractivity contribution in [3.05, 3.63) is 70.6 Å². The number of anilines is 1. The molecule has 2 aromatic heterocycles. The van der Waals surface area contributed by atoms with Gasteiger partial charge in [-0.1, -0.05) is 29.8 Å². The van der Waals surface area contributed by atoms with Crippen LogP contribution in [-0.2, 0) is 6.42 Å². The van der Waals surface area contributed by atoms with Crippen molar-refractivity contribution in [3.63, 3.8) is 0 Å². The molecule has 0 aliphatic carbocycles. The molecule has 0 saturated carbocycles. The molecule has 1 aliphatic rings. The van der Waals surface area contributed by atoms with E-state index >= 15 is 0 Å². The molecule has 2 aromatic carbocycles. The zero-order valence-corrected chi connectivity index (χ0v) is 15.3. The van der Waals surface area contributed by atoms with Gasteiger partial charge < -0.3 is 4.90 Å². The predicted octanol–water partition coefficient (Wildman–Crippen LogP) is 5.35. The monoisotopic (exact) mass is 358 g/mol. The molecule has 0 N–H and O–H groups in total. The molecule has 0 saturated heterocycles. The molecule has 4 heteroatoms. The van der Waals surface area contributed by atoms with Crippen molar-refractivity contribution in [1.82, 2.24) is 4.98 Å². The second-order valence-electron chi connectivity index (χ2n) is 6.88.